The van der Waals surface area contributed by atoms with Crippen molar-refractivity contribution in [2.45, 2.75) is 4.90 Å². The Labute approximate surface area is 155 Å². The smallest absolute Gasteiger partial charge is 0.238 e. The van der Waals surface area contributed by atoms with Crippen LogP contribution in [-0.2, 0) is 10.0 Å². The lowest BCUT2D eigenvalue weighted by Gasteiger charge is -2.07. The molecule has 0 radical (unpaired) electrons. The molecule has 4 rings (SSSR count). The van der Waals surface area contributed by atoms with Gasteiger partial charge in [0.15, 0.2) is 0 Å². The number of fused-ring (bicyclic) bond motifs is 1. The van der Waals surface area contributed by atoms with E-state index in [1.54, 1.807) is 30.5 Å². The third-order valence-corrected chi connectivity index (χ3v) is 5.12. The first-order chi connectivity index (χ1) is 12.4. The molecule has 6 nitrogen and oxygen atoms in total. The summed E-state index contributed by atoms with van der Waals surface area (Å²) in [5.41, 5.74) is 3.12. The van der Waals surface area contributed by atoms with E-state index in [0.29, 0.717) is 16.5 Å². The molecule has 2 N–H and O–H groups in total. The van der Waals surface area contributed by atoms with E-state index in [1.165, 1.54) is 12.1 Å². The molecule has 0 spiro atoms. The Hall–Kier alpha value is -2.74. The van der Waals surface area contributed by atoms with Crippen molar-refractivity contribution in [1.82, 2.24) is 14.4 Å². The van der Waals surface area contributed by atoms with Crippen molar-refractivity contribution in [1.29, 1.82) is 0 Å². The lowest BCUT2D eigenvalue weighted by Crippen LogP contribution is -2.11. The van der Waals surface area contributed by atoms with Gasteiger partial charge in [0.25, 0.3) is 0 Å². The van der Waals surface area contributed by atoms with Crippen LogP contribution >= 0.6 is 11.6 Å². The molecule has 26 heavy (non-hydrogen) atoms. The normalized spacial score (nSPS) is 11.8. The second-order valence-electron chi connectivity index (χ2n) is 5.68. The Kier molecular flexibility index (Phi) is 3.99. The minimum atomic E-state index is -3.75. The summed E-state index contributed by atoms with van der Waals surface area (Å²) in [6.45, 7) is 0. The molecule has 0 unspecified atom stereocenters. The molecule has 2 aromatic carbocycles. The summed E-state index contributed by atoms with van der Waals surface area (Å²) in [5, 5.41) is 5.78. The third-order valence-electron chi connectivity index (χ3n) is 3.96. The van der Waals surface area contributed by atoms with E-state index in [-0.39, 0.29) is 4.90 Å². The molecule has 4 aromatic rings. The number of benzene rings is 2. The van der Waals surface area contributed by atoms with Crippen LogP contribution in [0, 0.1) is 0 Å². The SMILES string of the molecule is NS(=O)(=O)c1ccc(-c2c(-c3cccc(Cl)c3)nc3ncccn23)cc1. The van der Waals surface area contributed by atoms with E-state index in [9.17, 15) is 8.42 Å². The first-order valence-electron chi connectivity index (χ1n) is 7.66. The number of hydrogen-bond donors (Lipinski definition) is 1. The van der Waals surface area contributed by atoms with Crippen molar-refractivity contribution < 1.29 is 8.42 Å². The predicted molar refractivity (Wildman–Crippen MR) is 100 cm³/mol. The van der Waals surface area contributed by atoms with Crippen LogP contribution in [0.5, 0.6) is 0 Å². The molecule has 130 valence electrons. The second-order valence-corrected chi connectivity index (χ2v) is 7.68. The van der Waals surface area contributed by atoms with E-state index in [1.807, 2.05) is 28.8 Å². The first-order valence-corrected chi connectivity index (χ1v) is 9.58. The highest BCUT2D eigenvalue weighted by Gasteiger charge is 2.17. The summed E-state index contributed by atoms with van der Waals surface area (Å²) in [6.07, 6.45) is 3.52. The molecule has 0 aliphatic rings. The molecule has 2 heterocycles. The van der Waals surface area contributed by atoms with Crippen molar-refractivity contribution in [2.24, 2.45) is 5.14 Å². The van der Waals surface area contributed by atoms with Gasteiger partial charge in [-0.15, -0.1) is 0 Å². The Balaban J connectivity index is 1.98. The molecular weight excluding hydrogens is 372 g/mol. The van der Waals surface area contributed by atoms with Crippen LogP contribution in [0.1, 0.15) is 0 Å². The zero-order valence-corrected chi connectivity index (χ0v) is 14.9. The van der Waals surface area contributed by atoms with Crippen molar-refractivity contribution in [3.8, 4) is 22.5 Å². The molecule has 0 saturated carbocycles. The van der Waals surface area contributed by atoms with Crippen LogP contribution < -0.4 is 5.14 Å². The van der Waals surface area contributed by atoms with Gasteiger partial charge in [0.05, 0.1) is 16.3 Å². The highest BCUT2D eigenvalue weighted by atomic mass is 35.5. The van der Waals surface area contributed by atoms with Crippen LogP contribution in [0.3, 0.4) is 0 Å². The number of aromatic nitrogens is 3. The van der Waals surface area contributed by atoms with Crippen LogP contribution in [0.25, 0.3) is 28.3 Å². The fourth-order valence-corrected chi connectivity index (χ4v) is 3.51. The quantitative estimate of drug-likeness (QED) is 0.586. The second kappa shape index (κ2) is 6.21. The number of nitrogens with two attached hydrogens (primary N) is 1. The van der Waals surface area contributed by atoms with Crippen molar-refractivity contribution >= 4 is 27.4 Å². The molecule has 8 heteroatoms. The molecule has 0 amide bonds. The Morgan fingerprint density at radius 3 is 2.46 bits per heavy atom. The van der Waals surface area contributed by atoms with Gasteiger partial charge in [-0.25, -0.2) is 23.5 Å². The van der Waals surface area contributed by atoms with Crippen LogP contribution in [-0.4, -0.2) is 22.8 Å². The van der Waals surface area contributed by atoms with Gasteiger partial charge in [-0.3, -0.25) is 4.40 Å². The maximum atomic E-state index is 11.5. The lowest BCUT2D eigenvalue weighted by molar-refractivity contribution is 0.598. The monoisotopic (exact) mass is 384 g/mol. The van der Waals surface area contributed by atoms with Gasteiger partial charge in [0.2, 0.25) is 15.8 Å². The zero-order valence-electron chi connectivity index (χ0n) is 13.4. The zero-order chi connectivity index (χ0) is 18.3. The average Bonchev–Trinajstić information content (AvgIpc) is 3.00. The summed E-state index contributed by atoms with van der Waals surface area (Å²) in [5.74, 6) is 0.535. The standard InChI is InChI=1S/C18H13ClN4O2S/c19-14-4-1-3-13(11-14)16-17(23-10-2-9-21-18(23)22-16)12-5-7-15(8-6-12)26(20,24)25/h1-11H,(H2,20,24,25). The number of primary sulfonamides is 1. The van der Waals surface area contributed by atoms with Crippen LogP contribution in [0.2, 0.25) is 5.02 Å². The number of imidazole rings is 1. The number of nitrogens with zero attached hydrogens (tertiary/aromatic N) is 3. The maximum absolute atomic E-state index is 11.5. The first kappa shape index (κ1) is 16.7. The lowest BCUT2D eigenvalue weighted by atomic mass is 10.0. The highest BCUT2D eigenvalue weighted by Crippen LogP contribution is 2.33. The van der Waals surface area contributed by atoms with Gasteiger partial charge in [0, 0.05) is 28.5 Å². The molecule has 0 fully saturated rings. The van der Waals surface area contributed by atoms with E-state index < -0.39 is 10.0 Å². The fourth-order valence-electron chi connectivity index (χ4n) is 2.80. The molecular formula is C18H13ClN4O2S. The molecule has 0 aliphatic carbocycles. The number of rotatable bonds is 3. The van der Waals surface area contributed by atoms with Gasteiger partial charge in [-0.2, -0.15) is 0 Å². The summed E-state index contributed by atoms with van der Waals surface area (Å²) in [6, 6.07) is 15.5. The largest absolute Gasteiger partial charge is 0.283 e. The highest BCUT2D eigenvalue weighted by molar-refractivity contribution is 7.89. The number of hydrogen-bond acceptors (Lipinski definition) is 4. The average molecular weight is 385 g/mol. The predicted octanol–water partition coefficient (Wildman–Crippen LogP) is 3.36. The van der Waals surface area contributed by atoms with Crippen molar-refractivity contribution in [3.05, 3.63) is 72.0 Å². The van der Waals surface area contributed by atoms with E-state index in [4.69, 9.17) is 16.7 Å². The van der Waals surface area contributed by atoms with E-state index >= 15 is 0 Å². The molecule has 0 saturated heterocycles. The van der Waals surface area contributed by atoms with Gasteiger partial charge < -0.3 is 0 Å². The minimum Gasteiger partial charge on any atom is -0.283 e. The van der Waals surface area contributed by atoms with Gasteiger partial charge in [-0.05, 0) is 30.3 Å². The van der Waals surface area contributed by atoms with E-state index in [2.05, 4.69) is 9.97 Å². The van der Waals surface area contributed by atoms with Gasteiger partial charge >= 0.3 is 0 Å². The summed E-state index contributed by atoms with van der Waals surface area (Å²) >= 11 is 6.13. The molecule has 2 aromatic heterocycles. The van der Waals surface area contributed by atoms with Crippen LogP contribution in [0.4, 0.5) is 0 Å². The summed E-state index contributed by atoms with van der Waals surface area (Å²) in [4.78, 5) is 8.97. The number of sulfonamides is 1. The summed E-state index contributed by atoms with van der Waals surface area (Å²) in [7, 11) is -3.75. The topological polar surface area (TPSA) is 90.4 Å². The molecule has 0 atom stereocenters. The minimum absolute atomic E-state index is 0.0532. The van der Waals surface area contributed by atoms with Crippen molar-refractivity contribution in [3.63, 3.8) is 0 Å². The van der Waals surface area contributed by atoms with Gasteiger partial charge in [-0.1, -0.05) is 35.9 Å². The number of halogens is 1. The van der Waals surface area contributed by atoms with Crippen molar-refractivity contribution in [2.75, 3.05) is 0 Å². The van der Waals surface area contributed by atoms with Crippen LogP contribution in [0.15, 0.2) is 71.9 Å². The third kappa shape index (κ3) is 2.96. The Bertz CT molecular complexity index is 1220. The summed E-state index contributed by atoms with van der Waals surface area (Å²) < 4.78 is 24.9. The van der Waals surface area contributed by atoms with Gasteiger partial charge in [0.1, 0.15) is 0 Å². The molecule has 0 aliphatic heterocycles. The fraction of sp³-hybridized carbons (Fsp3) is 0. The Morgan fingerprint density at radius 1 is 1.00 bits per heavy atom. The maximum Gasteiger partial charge on any atom is 0.238 e. The molecule has 0 bridgehead atoms. The van der Waals surface area contributed by atoms with E-state index in [0.717, 1.165) is 16.8 Å². The Morgan fingerprint density at radius 2 is 1.77 bits per heavy atom.